The van der Waals surface area contributed by atoms with Crippen LogP contribution in [0, 0.1) is 11.8 Å². The second-order valence-electron chi connectivity index (χ2n) is 6.46. The number of carbonyl (C=O) groups excluding carboxylic acids is 1. The van der Waals surface area contributed by atoms with Gasteiger partial charge in [0, 0.05) is 25.4 Å². The van der Waals surface area contributed by atoms with Crippen LogP contribution in [0.4, 0.5) is 10.5 Å². The molecular formula is C18H20N4O2. The van der Waals surface area contributed by atoms with Crippen LogP contribution in [0.25, 0.3) is 0 Å². The summed E-state index contributed by atoms with van der Waals surface area (Å²) in [6, 6.07) is 7.12. The second kappa shape index (κ2) is 6.47. The number of ether oxygens (including phenoxy) is 1. The number of fused-ring (bicyclic) bond motifs is 1. The summed E-state index contributed by atoms with van der Waals surface area (Å²) in [4.78, 5) is 22.5. The van der Waals surface area contributed by atoms with Gasteiger partial charge < -0.3 is 15.0 Å². The molecular weight excluding hydrogens is 304 g/mol. The molecule has 1 N–H and O–H groups in total. The van der Waals surface area contributed by atoms with Crippen LogP contribution in [-0.4, -0.2) is 34.0 Å². The van der Waals surface area contributed by atoms with Crippen molar-refractivity contribution in [2.24, 2.45) is 11.8 Å². The van der Waals surface area contributed by atoms with Gasteiger partial charge in [0.1, 0.15) is 5.75 Å². The van der Waals surface area contributed by atoms with Gasteiger partial charge in [-0.25, -0.2) is 9.78 Å². The lowest BCUT2D eigenvalue weighted by atomic mass is 10.0. The summed E-state index contributed by atoms with van der Waals surface area (Å²) >= 11 is 0. The van der Waals surface area contributed by atoms with E-state index in [-0.39, 0.29) is 6.03 Å². The van der Waals surface area contributed by atoms with E-state index in [0.717, 1.165) is 13.1 Å². The van der Waals surface area contributed by atoms with Gasteiger partial charge in [0.25, 0.3) is 0 Å². The van der Waals surface area contributed by atoms with Crippen molar-refractivity contribution in [1.29, 1.82) is 0 Å². The fourth-order valence-electron chi connectivity index (χ4n) is 3.65. The predicted molar refractivity (Wildman–Crippen MR) is 90.0 cm³/mol. The van der Waals surface area contributed by atoms with Gasteiger partial charge in [0.05, 0.1) is 18.1 Å². The number of nitrogens with zero attached hydrogens (tertiary/aromatic N) is 3. The van der Waals surface area contributed by atoms with E-state index in [2.05, 4.69) is 15.3 Å². The minimum absolute atomic E-state index is 0.0351. The van der Waals surface area contributed by atoms with E-state index in [0.29, 0.717) is 29.2 Å². The van der Waals surface area contributed by atoms with Gasteiger partial charge in [0.2, 0.25) is 5.88 Å². The van der Waals surface area contributed by atoms with Gasteiger partial charge in [-0.05, 0) is 42.9 Å². The van der Waals surface area contributed by atoms with E-state index in [4.69, 9.17) is 4.74 Å². The Morgan fingerprint density at radius 3 is 2.67 bits per heavy atom. The van der Waals surface area contributed by atoms with Crippen LogP contribution in [0.2, 0.25) is 0 Å². The summed E-state index contributed by atoms with van der Waals surface area (Å²) in [5, 5.41) is 2.92. The molecule has 1 saturated heterocycles. The van der Waals surface area contributed by atoms with Crippen molar-refractivity contribution in [1.82, 2.24) is 14.9 Å². The van der Waals surface area contributed by atoms with Crippen molar-refractivity contribution in [2.45, 2.75) is 19.3 Å². The normalized spacial score (nSPS) is 22.2. The van der Waals surface area contributed by atoms with E-state index >= 15 is 0 Å². The third-order valence-corrected chi connectivity index (χ3v) is 4.86. The summed E-state index contributed by atoms with van der Waals surface area (Å²) in [5.41, 5.74) is 0.676. The average molecular weight is 324 g/mol. The van der Waals surface area contributed by atoms with Crippen molar-refractivity contribution in [3.05, 3.63) is 42.9 Å². The number of hydrogen-bond acceptors (Lipinski definition) is 4. The quantitative estimate of drug-likeness (QED) is 0.938. The molecule has 1 aliphatic heterocycles. The Morgan fingerprint density at radius 2 is 2.00 bits per heavy atom. The smallest absolute Gasteiger partial charge is 0.321 e. The number of urea groups is 1. The summed E-state index contributed by atoms with van der Waals surface area (Å²) in [7, 11) is 0. The lowest BCUT2D eigenvalue weighted by molar-refractivity contribution is 0.219. The van der Waals surface area contributed by atoms with Crippen molar-refractivity contribution in [3.63, 3.8) is 0 Å². The fourth-order valence-corrected chi connectivity index (χ4v) is 3.65. The van der Waals surface area contributed by atoms with Crippen LogP contribution in [0.5, 0.6) is 11.6 Å². The first kappa shape index (κ1) is 14.9. The Bertz CT molecular complexity index is 693. The molecule has 24 heavy (non-hydrogen) atoms. The highest BCUT2D eigenvalue weighted by Gasteiger charge is 2.37. The highest BCUT2D eigenvalue weighted by atomic mass is 16.5. The molecule has 0 aromatic carbocycles. The van der Waals surface area contributed by atoms with E-state index in [1.165, 1.54) is 19.3 Å². The predicted octanol–water partition coefficient (Wildman–Crippen LogP) is 3.53. The van der Waals surface area contributed by atoms with Crippen molar-refractivity contribution < 1.29 is 9.53 Å². The third kappa shape index (κ3) is 3.18. The zero-order chi connectivity index (χ0) is 16.4. The molecule has 0 bridgehead atoms. The lowest BCUT2D eigenvalue weighted by Crippen LogP contribution is -2.33. The average Bonchev–Trinajstić information content (AvgIpc) is 3.19. The summed E-state index contributed by atoms with van der Waals surface area (Å²) in [6.45, 7) is 1.76. The first-order valence-corrected chi connectivity index (χ1v) is 8.38. The highest BCUT2D eigenvalue weighted by Crippen LogP contribution is 2.37. The standard InChI is InChI=1S/C18H20N4O2/c23-18(22-11-13-3-1-4-14(13)12-22)21-15-6-7-17(20-9-15)24-16-5-2-8-19-10-16/h2,5-10,13-14H,1,3-4,11-12H2,(H,21,23)/t13-,14-/m1/s1. The number of hydrogen-bond donors (Lipinski definition) is 1. The molecule has 2 aliphatic rings. The van der Waals surface area contributed by atoms with E-state index in [1.807, 2.05) is 11.0 Å². The second-order valence-corrected chi connectivity index (χ2v) is 6.46. The minimum atomic E-state index is -0.0351. The van der Waals surface area contributed by atoms with Gasteiger partial charge in [-0.15, -0.1) is 0 Å². The Balaban J connectivity index is 1.34. The highest BCUT2D eigenvalue weighted by molar-refractivity contribution is 5.89. The molecule has 0 spiro atoms. The zero-order valence-corrected chi connectivity index (χ0v) is 13.4. The number of rotatable bonds is 3. The third-order valence-electron chi connectivity index (χ3n) is 4.86. The molecule has 2 aromatic rings. The molecule has 2 atom stereocenters. The van der Waals surface area contributed by atoms with Crippen molar-refractivity contribution in [2.75, 3.05) is 18.4 Å². The number of amides is 2. The monoisotopic (exact) mass is 324 g/mol. The maximum atomic E-state index is 12.4. The van der Waals surface area contributed by atoms with Crippen LogP contribution in [-0.2, 0) is 0 Å². The molecule has 0 radical (unpaired) electrons. The van der Waals surface area contributed by atoms with Gasteiger partial charge in [0.15, 0.2) is 0 Å². The molecule has 1 saturated carbocycles. The largest absolute Gasteiger partial charge is 0.437 e. The Morgan fingerprint density at radius 1 is 1.17 bits per heavy atom. The fraction of sp³-hybridized carbons (Fsp3) is 0.389. The lowest BCUT2D eigenvalue weighted by Gasteiger charge is -2.18. The number of anilines is 1. The van der Waals surface area contributed by atoms with E-state index in [1.54, 1.807) is 36.8 Å². The van der Waals surface area contributed by atoms with E-state index < -0.39 is 0 Å². The number of likely N-dealkylation sites (tertiary alicyclic amines) is 1. The first-order valence-electron chi connectivity index (χ1n) is 8.38. The van der Waals surface area contributed by atoms with Crippen molar-refractivity contribution in [3.8, 4) is 11.6 Å². The number of aromatic nitrogens is 2. The molecule has 3 heterocycles. The molecule has 6 heteroatoms. The molecule has 4 rings (SSSR count). The molecule has 6 nitrogen and oxygen atoms in total. The number of carbonyl (C=O) groups is 1. The summed E-state index contributed by atoms with van der Waals surface area (Å²) in [5.74, 6) is 2.50. The SMILES string of the molecule is O=C(Nc1ccc(Oc2cccnc2)nc1)N1C[C@H]2CCC[C@@H]2C1. The van der Waals surface area contributed by atoms with Crippen LogP contribution < -0.4 is 10.1 Å². The first-order chi connectivity index (χ1) is 11.8. The van der Waals surface area contributed by atoms with Gasteiger partial charge >= 0.3 is 6.03 Å². The van der Waals surface area contributed by atoms with Crippen LogP contribution in [0.3, 0.4) is 0 Å². The number of nitrogens with one attached hydrogen (secondary N) is 1. The topological polar surface area (TPSA) is 67.3 Å². The Labute approximate surface area is 140 Å². The molecule has 1 aliphatic carbocycles. The van der Waals surface area contributed by atoms with Gasteiger partial charge in [-0.1, -0.05) is 6.42 Å². The van der Waals surface area contributed by atoms with Crippen molar-refractivity contribution >= 4 is 11.7 Å². The van der Waals surface area contributed by atoms with Gasteiger partial charge in [-0.3, -0.25) is 4.98 Å². The molecule has 2 amide bonds. The summed E-state index contributed by atoms with van der Waals surface area (Å²) < 4.78 is 5.59. The van der Waals surface area contributed by atoms with Gasteiger partial charge in [-0.2, -0.15) is 0 Å². The maximum absolute atomic E-state index is 12.4. The Hall–Kier alpha value is -2.63. The Kier molecular flexibility index (Phi) is 4.02. The molecule has 2 fully saturated rings. The van der Waals surface area contributed by atoms with E-state index in [9.17, 15) is 4.79 Å². The summed E-state index contributed by atoms with van der Waals surface area (Å²) in [6.07, 6.45) is 8.76. The minimum Gasteiger partial charge on any atom is -0.437 e. The zero-order valence-electron chi connectivity index (χ0n) is 13.4. The maximum Gasteiger partial charge on any atom is 0.321 e. The van der Waals surface area contributed by atoms with Crippen LogP contribution in [0.15, 0.2) is 42.9 Å². The van der Waals surface area contributed by atoms with Crippen LogP contribution >= 0.6 is 0 Å². The molecule has 2 aromatic heterocycles. The van der Waals surface area contributed by atoms with Crippen LogP contribution in [0.1, 0.15) is 19.3 Å². The number of pyridine rings is 2. The molecule has 124 valence electrons. The molecule has 0 unspecified atom stereocenters.